The molecule has 2 nitrogen and oxygen atoms in total. The summed E-state index contributed by atoms with van der Waals surface area (Å²) in [6.07, 6.45) is 0. The molecule has 0 bridgehead atoms. The van der Waals surface area contributed by atoms with Gasteiger partial charge >= 0.3 is 7.12 Å². The van der Waals surface area contributed by atoms with Crippen LogP contribution in [0.2, 0.25) is 0 Å². The van der Waals surface area contributed by atoms with Crippen LogP contribution in [-0.2, 0) is 54.1 Å². The van der Waals surface area contributed by atoms with Gasteiger partial charge in [0.15, 0.2) is 0 Å². The van der Waals surface area contributed by atoms with Crippen molar-refractivity contribution >= 4 is 98.3 Å². The van der Waals surface area contributed by atoms with Gasteiger partial charge in [0.1, 0.15) is 0 Å². The highest BCUT2D eigenvalue weighted by Crippen LogP contribution is 2.67. The molecule has 2 N–H and O–H groups in total. The first-order valence-corrected chi connectivity index (χ1v) is 53.8. The molecule has 145 heavy (non-hydrogen) atoms. The fraction of sp³-hybridized carbons (Fsp3) is 0.214. The monoisotopic (exact) mass is 2000 g/mol. The molecule has 0 fully saturated rings. The Labute approximate surface area is 869 Å². The van der Waals surface area contributed by atoms with Crippen LogP contribution in [0.3, 0.4) is 0 Å². The van der Waals surface area contributed by atoms with Crippen LogP contribution < -0.4 is 5.46 Å². The van der Waals surface area contributed by atoms with Crippen LogP contribution in [0.1, 0.15) is 250 Å². The van der Waals surface area contributed by atoms with Crippen molar-refractivity contribution in [3.05, 3.63) is 442 Å². The molecule has 0 saturated carbocycles. The van der Waals surface area contributed by atoms with Crippen LogP contribution in [0.4, 0.5) is 0 Å². The smallest absolute Gasteiger partial charge is 0.423 e. The minimum absolute atomic E-state index is 0.0124. The molecule has 30 rings (SSSR count). The van der Waals surface area contributed by atoms with Gasteiger partial charge in [-0.2, -0.15) is 0 Å². The van der Waals surface area contributed by atoms with E-state index < -0.39 is 7.12 Å². The molecule has 10 aliphatic rings. The second-order valence-corrected chi connectivity index (χ2v) is 50.6. The quantitative estimate of drug-likeness (QED) is 0.173. The lowest BCUT2D eigenvalue weighted by molar-refractivity contribution is 0.426. The first kappa shape index (κ1) is 89.3. The van der Waals surface area contributed by atoms with Gasteiger partial charge in [-0.05, 0) is 407 Å². The van der Waals surface area contributed by atoms with Gasteiger partial charge in [0.2, 0.25) is 0 Å². The number of rotatable bonds is 3. The summed E-state index contributed by atoms with van der Waals surface area (Å²) in [5.41, 5.74) is 60.0. The number of hydrogen-bond donors (Lipinski definition) is 2. The predicted molar refractivity (Wildman–Crippen MR) is 619 cm³/mol. The molecule has 20 aromatic carbocycles. The van der Waals surface area contributed by atoms with Crippen molar-refractivity contribution in [1.29, 1.82) is 0 Å². The number of fused-ring (bicyclic) bond motifs is 40. The second-order valence-electron chi connectivity index (χ2n) is 48.9. The Hall–Kier alpha value is -13.4. The van der Waals surface area contributed by atoms with Crippen LogP contribution in [0.5, 0.6) is 0 Å². The lowest BCUT2D eigenvalue weighted by Crippen LogP contribution is -2.32. The first-order valence-electron chi connectivity index (χ1n) is 52.2. The summed E-state index contributed by atoms with van der Waals surface area (Å²) in [6, 6.07) is 123. The van der Waals surface area contributed by atoms with E-state index in [2.05, 4.69) is 468 Å². The molecule has 0 radical (unpaired) electrons. The van der Waals surface area contributed by atoms with Gasteiger partial charge in [-0.1, -0.05) is 389 Å². The summed E-state index contributed by atoms with van der Waals surface area (Å²) < 4.78 is 2.33. The molecule has 704 valence electrons. The lowest BCUT2D eigenvalue weighted by atomic mass is 9.72. The predicted octanol–water partition coefficient (Wildman–Crippen LogP) is 36.4. The molecule has 0 saturated heterocycles. The highest BCUT2D eigenvalue weighted by molar-refractivity contribution is 9.11. The van der Waals surface area contributed by atoms with Crippen LogP contribution in [0.25, 0.3) is 187 Å². The summed E-state index contributed by atoms with van der Waals surface area (Å²) in [7, 11) is -1.49. The molecule has 5 heteroatoms. The Balaban J connectivity index is 0.000000135. The molecule has 10 aliphatic carbocycles. The molecule has 0 aliphatic heterocycles. The largest absolute Gasteiger partial charge is 0.489 e. The Morgan fingerprint density at radius 2 is 0.372 bits per heavy atom. The third kappa shape index (κ3) is 11.6. The number of halogens is 2. The molecule has 0 unspecified atom stereocenters. The topological polar surface area (TPSA) is 40.5 Å². The summed E-state index contributed by atoms with van der Waals surface area (Å²) in [5, 5.41) is 32.8. The van der Waals surface area contributed by atoms with E-state index in [0.717, 1.165) is 15.2 Å². The minimum Gasteiger partial charge on any atom is -0.423 e. The summed E-state index contributed by atoms with van der Waals surface area (Å²) in [6.45, 7) is 48.0. The summed E-state index contributed by atoms with van der Waals surface area (Å²) in [4.78, 5) is 0. The van der Waals surface area contributed by atoms with E-state index in [1.807, 2.05) is 24.3 Å². The normalized spacial score (nSPS) is 17.2. The van der Waals surface area contributed by atoms with Crippen LogP contribution in [0, 0.1) is 0 Å². The van der Waals surface area contributed by atoms with Crippen LogP contribution >= 0.6 is 31.9 Å². The maximum absolute atomic E-state index is 10.1. The van der Waals surface area contributed by atoms with Crippen molar-refractivity contribution < 1.29 is 10.0 Å². The minimum atomic E-state index is -1.49. The molecule has 0 amide bonds. The second kappa shape index (κ2) is 29.3. The third-order valence-corrected chi connectivity index (χ3v) is 39.1. The zero-order chi connectivity index (χ0) is 100.0. The molecule has 20 aromatic rings. The van der Waals surface area contributed by atoms with E-state index >= 15 is 0 Å². The third-order valence-electron chi connectivity index (χ3n) is 37.9. The fourth-order valence-corrected chi connectivity index (χ4v) is 30.9. The van der Waals surface area contributed by atoms with E-state index in [9.17, 15) is 10.0 Å². The van der Waals surface area contributed by atoms with Crippen molar-refractivity contribution in [3.63, 3.8) is 0 Å². The van der Waals surface area contributed by atoms with Gasteiger partial charge in [-0.15, -0.1) is 0 Å². The average Bonchev–Trinajstić information content (AvgIpc) is 1.55. The first-order chi connectivity index (χ1) is 69.1. The van der Waals surface area contributed by atoms with Crippen molar-refractivity contribution in [1.82, 2.24) is 0 Å². The Bertz CT molecular complexity index is 9430. The number of hydrogen-bond acceptors (Lipinski definition) is 2. The van der Waals surface area contributed by atoms with E-state index in [1.165, 1.54) is 292 Å². The van der Waals surface area contributed by atoms with E-state index in [0.29, 0.717) is 5.46 Å². The summed E-state index contributed by atoms with van der Waals surface area (Å²) >= 11 is 7.53. The zero-order valence-corrected chi connectivity index (χ0v) is 89.5. The van der Waals surface area contributed by atoms with Gasteiger partial charge in [-0.25, -0.2) is 0 Å². The average molecular weight is 2000 g/mol. The Kier molecular flexibility index (Phi) is 18.1. The van der Waals surface area contributed by atoms with Crippen molar-refractivity contribution in [2.75, 3.05) is 0 Å². The Morgan fingerprint density at radius 3 is 0.717 bits per heavy atom. The standard InChI is InChI=1S/C84H68.C28H25BO2.C28H22Br2/c1-79(2)64-31-21-19-26-49(64)58-39-70-61(42-67(58)79)76-52-28-16-13-23-46(52)55(36-73(76)82(70,7)8)45-33-34-51-60-41-72-63(44-69(60)81(5,6)66(51)35-45)78-54-30-18-15-25-48(54)57(38-75(78)84(72,11)12)56-37-74-77(53-29-17-14-24-47(53)56)62-43-68-59(40-71(62)83(74,9)10)50-27-20-22-32-65(50)80(68,3)4;1-27(2)21-12-8-7-9-16(21)19-13-23-20(14-22(19)27)26-18-11-6-5-10-17(18)25(29(30)31)15-24(26)28(23,3)4;1-27(2)21-11-15(29)9-10-16(21)19-12-23-20(13-22(19)27)26-18-8-6-5-7-17(18)25(30)14-24(26)28(23,3)4/h13-44H,1-12H3;5-15,30-31H,1-4H3;5-14H,1-4H3. The maximum atomic E-state index is 10.1. The number of benzene rings is 20. The van der Waals surface area contributed by atoms with Gasteiger partial charge in [0.05, 0.1) is 0 Å². The zero-order valence-electron chi connectivity index (χ0n) is 86.3. The lowest BCUT2D eigenvalue weighted by Gasteiger charge is -2.26. The maximum Gasteiger partial charge on any atom is 0.489 e. The van der Waals surface area contributed by atoms with Gasteiger partial charge < -0.3 is 10.0 Å². The van der Waals surface area contributed by atoms with Gasteiger partial charge in [0.25, 0.3) is 0 Å². The SMILES string of the molecule is CC1(C)c2cc(Br)ccc2-c2cc3c(cc21)-c1c(cc(Br)c2ccccc12)C3(C)C.CC1(C)c2ccccc2-c2cc3c(cc21)-c1c(cc(-c2ccc4c(c2)C(C)(C)c2cc5c(cc2-4)C(C)(C)c2cc(-c4cc6c(c7ccccc47)-c4cc7c(cc4C6(C)C)-c4ccccc4C7(C)C)c4ccccc4c2-5)c2ccccc12)C3(C)C.CC1(C)c2ccccc2-c2cc3c(cc21)-c1c(cc(B(O)O)c2ccccc12)C3(C)C. The van der Waals surface area contributed by atoms with Gasteiger partial charge in [0, 0.05) is 63.1 Å². The van der Waals surface area contributed by atoms with Crippen molar-refractivity contribution in [3.8, 4) is 134 Å². The fourth-order valence-electron chi connectivity index (χ4n) is 30.0. The molecule has 0 heterocycles. The molecule has 0 aromatic heterocycles. The molecule has 0 spiro atoms. The summed E-state index contributed by atoms with van der Waals surface area (Å²) in [5.74, 6) is 0. The molecular weight excluding hydrogens is 1880 g/mol. The van der Waals surface area contributed by atoms with Gasteiger partial charge in [-0.3, -0.25) is 0 Å². The highest BCUT2D eigenvalue weighted by atomic mass is 79.9. The Morgan fingerprint density at radius 1 is 0.159 bits per heavy atom. The van der Waals surface area contributed by atoms with Crippen LogP contribution in [0.15, 0.2) is 330 Å². The highest BCUT2D eigenvalue weighted by Gasteiger charge is 2.51. The van der Waals surface area contributed by atoms with Crippen molar-refractivity contribution in [2.45, 2.75) is 193 Å². The van der Waals surface area contributed by atoms with E-state index in [4.69, 9.17) is 0 Å². The molecular formula is C140H115BBr2O2. The van der Waals surface area contributed by atoms with E-state index in [-0.39, 0.29) is 54.1 Å². The van der Waals surface area contributed by atoms with Crippen LogP contribution in [-0.4, -0.2) is 17.2 Å². The van der Waals surface area contributed by atoms with E-state index in [1.54, 1.807) is 0 Å². The van der Waals surface area contributed by atoms with Crippen molar-refractivity contribution in [2.24, 2.45) is 0 Å². The molecule has 0 atom stereocenters.